The van der Waals surface area contributed by atoms with Crippen molar-refractivity contribution in [2.45, 2.75) is 24.4 Å². The normalized spacial score (nSPS) is 19.9. The van der Waals surface area contributed by atoms with Crippen LogP contribution in [0.2, 0.25) is 15.1 Å². The molecule has 8 heteroatoms. The van der Waals surface area contributed by atoms with Gasteiger partial charge in [-0.15, -0.1) is 0 Å². The molecule has 3 aromatic carbocycles. The summed E-state index contributed by atoms with van der Waals surface area (Å²) in [6.07, 6.45) is 1.59. The van der Waals surface area contributed by atoms with Crippen molar-refractivity contribution < 1.29 is 9.53 Å². The van der Waals surface area contributed by atoms with Gasteiger partial charge in [0.15, 0.2) is 6.04 Å². The van der Waals surface area contributed by atoms with Gasteiger partial charge in [-0.25, -0.2) is 9.79 Å². The highest BCUT2D eigenvalue weighted by Crippen LogP contribution is 2.55. The molecule has 1 aliphatic heterocycles. The minimum absolute atomic E-state index is 0.337. The van der Waals surface area contributed by atoms with Crippen molar-refractivity contribution in [2.75, 3.05) is 16.9 Å². The number of nitrogens with zero attached hydrogens (tertiary/aromatic N) is 3. The maximum atomic E-state index is 13.2. The van der Waals surface area contributed by atoms with Crippen molar-refractivity contribution in [3.05, 3.63) is 87.9 Å². The molecular formula is C25H20Cl3N3O2. The van der Waals surface area contributed by atoms with Gasteiger partial charge in [0.25, 0.3) is 0 Å². The Balaban J connectivity index is 1.78. The van der Waals surface area contributed by atoms with Crippen LogP contribution >= 0.6 is 34.8 Å². The van der Waals surface area contributed by atoms with Crippen LogP contribution in [0.1, 0.15) is 12.8 Å². The number of carbonyl (C=O) groups is 1. The average molecular weight is 501 g/mol. The van der Waals surface area contributed by atoms with Gasteiger partial charge in [-0.3, -0.25) is 4.90 Å². The van der Waals surface area contributed by atoms with Crippen molar-refractivity contribution in [1.82, 2.24) is 0 Å². The fourth-order valence-electron chi connectivity index (χ4n) is 4.49. The lowest BCUT2D eigenvalue weighted by Gasteiger charge is -2.26. The first-order valence-electron chi connectivity index (χ1n) is 10.5. The van der Waals surface area contributed by atoms with Crippen molar-refractivity contribution in [3.63, 3.8) is 0 Å². The molecule has 5 nitrogen and oxygen atoms in total. The predicted molar refractivity (Wildman–Crippen MR) is 134 cm³/mol. The molecule has 2 aliphatic rings. The summed E-state index contributed by atoms with van der Waals surface area (Å²) >= 11 is 18.9. The number of hydrogen-bond acceptors (Lipinski definition) is 3. The number of methoxy groups -OCH3 is 1. The molecule has 0 bridgehead atoms. The van der Waals surface area contributed by atoms with Crippen LogP contribution in [0.4, 0.5) is 17.1 Å². The summed E-state index contributed by atoms with van der Waals surface area (Å²) in [5.74, 6) is 0.241. The van der Waals surface area contributed by atoms with Crippen LogP contribution in [0.3, 0.4) is 0 Å². The maximum absolute atomic E-state index is 13.2. The molecule has 0 amide bonds. The van der Waals surface area contributed by atoms with Crippen molar-refractivity contribution >= 4 is 63.8 Å². The predicted octanol–water partition coefficient (Wildman–Crippen LogP) is 6.74. The van der Waals surface area contributed by atoms with Crippen LogP contribution < -0.4 is 9.80 Å². The molecule has 5 rings (SSSR count). The Morgan fingerprint density at radius 2 is 1.48 bits per heavy atom. The topological polar surface area (TPSA) is 45.1 Å². The van der Waals surface area contributed by atoms with Crippen LogP contribution in [0, 0.1) is 0 Å². The van der Waals surface area contributed by atoms with Crippen LogP contribution in [0.15, 0.2) is 77.8 Å². The zero-order chi connectivity index (χ0) is 23.2. The van der Waals surface area contributed by atoms with Crippen molar-refractivity contribution in [3.8, 4) is 0 Å². The summed E-state index contributed by atoms with van der Waals surface area (Å²) < 4.78 is 5.27. The van der Waals surface area contributed by atoms with E-state index in [0.29, 0.717) is 26.7 Å². The Labute approximate surface area is 207 Å². The Morgan fingerprint density at radius 3 is 2.06 bits per heavy atom. The number of ether oxygens (including phenoxy) is 1. The number of esters is 1. The zero-order valence-electron chi connectivity index (χ0n) is 17.7. The average Bonchev–Trinajstić information content (AvgIpc) is 3.51. The zero-order valence-corrected chi connectivity index (χ0v) is 20.0. The van der Waals surface area contributed by atoms with Gasteiger partial charge in [0.2, 0.25) is 5.96 Å². The monoisotopic (exact) mass is 499 g/mol. The van der Waals surface area contributed by atoms with Gasteiger partial charge < -0.3 is 9.64 Å². The minimum Gasteiger partial charge on any atom is -0.467 e. The molecule has 1 heterocycles. The fraction of sp³-hybridized carbons (Fsp3) is 0.200. The van der Waals surface area contributed by atoms with Crippen molar-refractivity contribution in [2.24, 2.45) is 4.99 Å². The van der Waals surface area contributed by atoms with E-state index in [9.17, 15) is 4.79 Å². The highest BCUT2D eigenvalue weighted by molar-refractivity contribution is 6.32. The molecule has 1 aliphatic carbocycles. The molecule has 1 saturated heterocycles. The summed E-state index contributed by atoms with van der Waals surface area (Å²) in [7, 11) is 1.41. The van der Waals surface area contributed by atoms with Crippen molar-refractivity contribution in [1.29, 1.82) is 0 Å². The van der Waals surface area contributed by atoms with E-state index in [4.69, 9.17) is 44.5 Å². The number of anilines is 2. The van der Waals surface area contributed by atoms with E-state index in [1.807, 2.05) is 59.5 Å². The van der Waals surface area contributed by atoms with Crippen LogP contribution in [0.25, 0.3) is 0 Å². The second-order valence-corrected chi connectivity index (χ2v) is 9.40. The minimum atomic E-state index is -0.613. The first kappa shape index (κ1) is 22.1. The highest BCUT2D eigenvalue weighted by Gasteiger charge is 2.67. The summed E-state index contributed by atoms with van der Waals surface area (Å²) in [6.45, 7) is 0. The van der Waals surface area contributed by atoms with Gasteiger partial charge in [0.1, 0.15) is 0 Å². The maximum Gasteiger partial charge on any atom is 0.331 e. The summed E-state index contributed by atoms with van der Waals surface area (Å²) in [6, 6.07) is 21.6. The fourth-order valence-corrected chi connectivity index (χ4v) is 5.04. The molecule has 1 atom stereocenters. The second-order valence-electron chi connectivity index (χ2n) is 8.09. The largest absolute Gasteiger partial charge is 0.467 e. The van der Waals surface area contributed by atoms with E-state index in [-0.39, 0.29) is 5.97 Å². The molecule has 0 N–H and O–H groups in total. The van der Waals surface area contributed by atoms with Gasteiger partial charge in [0, 0.05) is 26.4 Å². The molecule has 3 aromatic rings. The molecule has 2 fully saturated rings. The molecule has 0 radical (unpaired) electrons. The van der Waals surface area contributed by atoms with Crippen LogP contribution in [-0.4, -0.2) is 30.6 Å². The summed E-state index contributed by atoms with van der Waals surface area (Å²) in [4.78, 5) is 22.2. The molecule has 1 saturated carbocycles. The Hall–Kier alpha value is -2.73. The smallest absolute Gasteiger partial charge is 0.331 e. The number of halogens is 3. The van der Waals surface area contributed by atoms with Gasteiger partial charge in [0.05, 0.1) is 18.3 Å². The van der Waals surface area contributed by atoms with E-state index in [0.717, 1.165) is 24.2 Å². The quantitative estimate of drug-likeness (QED) is 0.372. The van der Waals surface area contributed by atoms with E-state index >= 15 is 0 Å². The van der Waals surface area contributed by atoms with E-state index in [1.54, 1.807) is 18.2 Å². The Bertz CT molecular complexity index is 1260. The van der Waals surface area contributed by atoms with Gasteiger partial charge in [-0.1, -0.05) is 53.0 Å². The number of benzene rings is 3. The first-order chi connectivity index (χ1) is 15.9. The van der Waals surface area contributed by atoms with Gasteiger partial charge in [-0.05, 0) is 67.4 Å². The third kappa shape index (κ3) is 3.95. The molecule has 0 unspecified atom stereocenters. The number of rotatable bonds is 4. The highest BCUT2D eigenvalue weighted by atomic mass is 35.5. The number of guanidine groups is 1. The standard InChI is InChI=1S/C25H20Cl3N3O2/c1-33-23(32)22-25(11-12-25)31(21-10-4-7-18(28)15-21)24(29-19-8-2-5-16(26)13-19)30(22)20-9-3-6-17(27)14-20/h2-10,13-15,22H,11-12H2,1H3/t22-/m0/s1. The Morgan fingerprint density at radius 1 is 0.909 bits per heavy atom. The number of carbonyl (C=O) groups excluding carboxylic acids is 1. The second kappa shape index (κ2) is 8.56. The van der Waals surface area contributed by atoms with E-state index < -0.39 is 11.6 Å². The number of aliphatic imine (C=N–C) groups is 1. The third-order valence-corrected chi connectivity index (χ3v) is 6.71. The van der Waals surface area contributed by atoms with Crippen LogP contribution in [-0.2, 0) is 9.53 Å². The lowest BCUT2D eigenvalue weighted by molar-refractivity contribution is -0.142. The van der Waals surface area contributed by atoms with Gasteiger partial charge >= 0.3 is 5.97 Å². The van der Waals surface area contributed by atoms with Gasteiger partial charge in [-0.2, -0.15) is 0 Å². The van der Waals surface area contributed by atoms with Crippen LogP contribution in [0.5, 0.6) is 0 Å². The van der Waals surface area contributed by atoms with E-state index in [1.165, 1.54) is 7.11 Å². The summed E-state index contributed by atoms with van der Waals surface area (Å²) in [5.41, 5.74) is 1.74. The number of hydrogen-bond donors (Lipinski definition) is 0. The SMILES string of the molecule is COC(=O)[C@@H]1N(c2cccc(Cl)c2)C(=Nc2cccc(Cl)c2)N(c2cccc(Cl)c2)C12CC2. The summed E-state index contributed by atoms with van der Waals surface area (Å²) in [5, 5.41) is 1.73. The molecule has 0 aromatic heterocycles. The third-order valence-electron chi connectivity index (χ3n) is 6.00. The lowest BCUT2D eigenvalue weighted by Crippen LogP contribution is -2.46. The molecular weight excluding hydrogens is 481 g/mol. The Kier molecular flexibility index (Phi) is 5.73. The van der Waals surface area contributed by atoms with E-state index in [2.05, 4.69) is 4.90 Å². The first-order valence-corrected chi connectivity index (χ1v) is 11.6. The lowest BCUT2D eigenvalue weighted by atomic mass is 10.0. The molecule has 168 valence electrons. The molecule has 1 spiro atoms. The molecule has 33 heavy (non-hydrogen) atoms.